The van der Waals surface area contributed by atoms with E-state index in [-0.39, 0.29) is 34.1 Å². The molecule has 0 radical (unpaired) electrons. The predicted octanol–water partition coefficient (Wildman–Crippen LogP) is 3.15. The molecule has 0 spiro atoms. The van der Waals surface area contributed by atoms with E-state index in [1.807, 2.05) is 38.1 Å². The van der Waals surface area contributed by atoms with Crippen molar-refractivity contribution in [1.29, 1.82) is 0 Å². The lowest BCUT2D eigenvalue weighted by molar-refractivity contribution is -0.140. The van der Waals surface area contributed by atoms with Crippen LogP contribution in [0.3, 0.4) is 0 Å². The van der Waals surface area contributed by atoms with Crippen LogP contribution in [-0.4, -0.2) is 23.9 Å². The molecule has 130 valence electrons. The maximum Gasteiger partial charge on any atom is 0.226 e. The number of nitrogens with one attached hydrogen (secondary N) is 2. The summed E-state index contributed by atoms with van der Waals surface area (Å²) in [4.78, 5) is 23.8. The smallest absolute Gasteiger partial charge is 0.226 e. The van der Waals surface area contributed by atoms with Gasteiger partial charge in [0.25, 0.3) is 0 Å². The number of rotatable bonds is 5. The lowest BCUT2D eigenvalue weighted by Crippen LogP contribution is -2.50. The molecule has 1 fully saturated rings. The van der Waals surface area contributed by atoms with Crippen molar-refractivity contribution in [3.05, 3.63) is 24.3 Å². The summed E-state index contributed by atoms with van der Waals surface area (Å²) in [7, 11) is 1.58. The summed E-state index contributed by atoms with van der Waals surface area (Å²) in [6.07, 6.45) is 1.13. The molecule has 0 unspecified atom stereocenters. The predicted molar refractivity (Wildman–Crippen MR) is 98.0 cm³/mol. The van der Waals surface area contributed by atoms with E-state index in [1.165, 1.54) is 0 Å². The number of ketones is 1. The molecule has 2 rings (SSSR count). The summed E-state index contributed by atoms with van der Waals surface area (Å²) in [5, 5.41) is 5.91. The topological polar surface area (TPSA) is 67.4 Å². The van der Waals surface area contributed by atoms with Gasteiger partial charge in [-0.05, 0) is 49.0 Å². The number of hydrogen-bond donors (Lipinski definition) is 2. The quantitative estimate of drug-likeness (QED) is 0.800. The molecule has 0 aromatic heterocycles. The zero-order valence-corrected chi connectivity index (χ0v) is 15.3. The molecule has 1 aliphatic carbocycles. The molecule has 2 atom stereocenters. The van der Waals surface area contributed by atoms with Gasteiger partial charge in [-0.25, -0.2) is 0 Å². The highest BCUT2D eigenvalue weighted by Gasteiger charge is 2.50. The zero-order chi connectivity index (χ0) is 17.9. The number of carbonyl (C=O) groups excluding carboxylic acids is 2. The van der Waals surface area contributed by atoms with Crippen LogP contribution in [0, 0.1) is 17.3 Å². The molecule has 5 nitrogen and oxygen atoms in total. The van der Waals surface area contributed by atoms with Crippen molar-refractivity contribution in [3.8, 4) is 5.75 Å². The van der Waals surface area contributed by atoms with Crippen LogP contribution in [0.5, 0.6) is 5.75 Å². The molecule has 1 aromatic rings. The molecule has 0 bridgehead atoms. The second-order valence-electron chi connectivity index (χ2n) is 6.82. The Balaban J connectivity index is 1.87. The molecular formula is C18H24N2O3S. The number of para-hydroxylation sites is 2. The van der Waals surface area contributed by atoms with Gasteiger partial charge in [-0.1, -0.05) is 26.0 Å². The monoisotopic (exact) mass is 348 g/mol. The Morgan fingerprint density at radius 2 is 2.00 bits per heavy atom. The average molecular weight is 348 g/mol. The van der Waals surface area contributed by atoms with E-state index in [9.17, 15) is 9.59 Å². The minimum absolute atomic E-state index is 0.0500. The largest absolute Gasteiger partial charge is 0.495 e. The van der Waals surface area contributed by atoms with E-state index in [0.717, 1.165) is 6.42 Å². The van der Waals surface area contributed by atoms with Crippen molar-refractivity contribution in [2.75, 3.05) is 12.4 Å². The van der Waals surface area contributed by atoms with Crippen LogP contribution in [0.2, 0.25) is 0 Å². The SMILES string of the molecule is COc1ccccc1NC(=S)NC(=O)C[C@@H]1C[C@H](C(C)=O)C1(C)C. The fourth-order valence-electron chi connectivity index (χ4n) is 3.36. The molecule has 1 saturated carbocycles. The molecule has 1 amide bonds. The van der Waals surface area contributed by atoms with Gasteiger partial charge in [-0.2, -0.15) is 0 Å². The molecule has 0 aliphatic heterocycles. The van der Waals surface area contributed by atoms with E-state index < -0.39 is 0 Å². The average Bonchev–Trinajstić information content (AvgIpc) is 2.51. The highest BCUT2D eigenvalue weighted by atomic mass is 32.1. The van der Waals surface area contributed by atoms with Crippen LogP contribution in [0.4, 0.5) is 5.69 Å². The highest BCUT2D eigenvalue weighted by Crippen LogP contribution is 2.53. The standard InChI is InChI=1S/C18H24N2O3S/c1-11(21)13-9-12(18(13,2)3)10-16(22)20-17(24)19-14-7-5-6-8-15(14)23-4/h5-8,12-13H,9-10H2,1-4H3,(H2,19,20,22,24)/t12-,13+/m0/s1. The molecule has 0 saturated heterocycles. The van der Waals surface area contributed by atoms with E-state index in [4.69, 9.17) is 17.0 Å². The first kappa shape index (κ1) is 18.4. The van der Waals surface area contributed by atoms with E-state index >= 15 is 0 Å². The number of ether oxygens (including phenoxy) is 1. The molecule has 1 aliphatic rings. The number of amides is 1. The first-order valence-corrected chi connectivity index (χ1v) is 8.40. The number of benzene rings is 1. The second-order valence-corrected chi connectivity index (χ2v) is 7.23. The Bertz CT molecular complexity index is 657. The lowest BCUT2D eigenvalue weighted by Gasteiger charge is -2.51. The molecule has 24 heavy (non-hydrogen) atoms. The van der Waals surface area contributed by atoms with Crippen molar-refractivity contribution in [2.24, 2.45) is 17.3 Å². The van der Waals surface area contributed by atoms with Gasteiger partial charge < -0.3 is 15.4 Å². The Kier molecular flexibility index (Phi) is 5.59. The summed E-state index contributed by atoms with van der Waals surface area (Å²) >= 11 is 5.20. The first-order chi connectivity index (χ1) is 11.3. The minimum Gasteiger partial charge on any atom is -0.495 e. The molecule has 2 N–H and O–H groups in total. The number of anilines is 1. The highest BCUT2D eigenvalue weighted by molar-refractivity contribution is 7.80. The Morgan fingerprint density at radius 3 is 2.58 bits per heavy atom. The van der Waals surface area contributed by atoms with Crippen LogP contribution in [0.15, 0.2) is 24.3 Å². The molecule has 1 aromatic carbocycles. The zero-order valence-electron chi connectivity index (χ0n) is 14.5. The maximum absolute atomic E-state index is 12.2. The van der Waals surface area contributed by atoms with Gasteiger partial charge in [0.2, 0.25) is 5.91 Å². The Labute approximate surface area is 148 Å². The van der Waals surface area contributed by atoms with E-state index in [1.54, 1.807) is 14.0 Å². The van der Waals surface area contributed by atoms with Crippen LogP contribution in [0.25, 0.3) is 0 Å². The second kappa shape index (κ2) is 7.30. The van der Waals surface area contributed by atoms with Crippen molar-refractivity contribution < 1.29 is 14.3 Å². The van der Waals surface area contributed by atoms with Gasteiger partial charge in [0.15, 0.2) is 5.11 Å². The van der Waals surface area contributed by atoms with Gasteiger partial charge in [-0.15, -0.1) is 0 Å². The number of hydrogen-bond acceptors (Lipinski definition) is 4. The third-order valence-electron chi connectivity index (χ3n) is 5.00. The van der Waals surface area contributed by atoms with Gasteiger partial charge >= 0.3 is 0 Å². The van der Waals surface area contributed by atoms with Crippen molar-refractivity contribution in [3.63, 3.8) is 0 Å². The van der Waals surface area contributed by atoms with Crippen LogP contribution in [0.1, 0.15) is 33.6 Å². The number of carbonyl (C=O) groups is 2. The van der Waals surface area contributed by atoms with Gasteiger partial charge in [0, 0.05) is 12.3 Å². The summed E-state index contributed by atoms with van der Waals surface area (Å²) in [6, 6.07) is 7.35. The van der Waals surface area contributed by atoms with E-state index in [2.05, 4.69) is 10.6 Å². The lowest BCUT2D eigenvalue weighted by atomic mass is 9.52. The fourth-order valence-corrected chi connectivity index (χ4v) is 3.58. The van der Waals surface area contributed by atoms with Crippen LogP contribution >= 0.6 is 12.2 Å². The summed E-state index contributed by atoms with van der Waals surface area (Å²) in [5.74, 6) is 0.959. The summed E-state index contributed by atoms with van der Waals surface area (Å²) < 4.78 is 5.24. The van der Waals surface area contributed by atoms with Gasteiger partial charge in [0.05, 0.1) is 12.8 Å². The Morgan fingerprint density at radius 1 is 1.33 bits per heavy atom. The Hall–Kier alpha value is -1.95. The number of methoxy groups -OCH3 is 1. The van der Waals surface area contributed by atoms with Crippen LogP contribution in [-0.2, 0) is 9.59 Å². The third kappa shape index (κ3) is 3.93. The van der Waals surface area contributed by atoms with Gasteiger partial charge in [0.1, 0.15) is 11.5 Å². The van der Waals surface area contributed by atoms with Crippen molar-refractivity contribution in [2.45, 2.75) is 33.6 Å². The summed E-state index contributed by atoms with van der Waals surface area (Å²) in [5.41, 5.74) is 0.562. The normalized spacial score (nSPS) is 21.3. The molecule has 0 heterocycles. The first-order valence-electron chi connectivity index (χ1n) is 8.00. The molecular weight excluding hydrogens is 324 g/mol. The minimum atomic E-state index is -0.138. The van der Waals surface area contributed by atoms with E-state index in [0.29, 0.717) is 17.9 Å². The third-order valence-corrected chi connectivity index (χ3v) is 5.21. The van der Waals surface area contributed by atoms with Crippen LogP contribution < -0.4 is 15.4 Å². The van der Waals surface area contributed by atoms with Crippen molar-refractivity contribution >= 4 is 34.7 Å². The van der Waals surface area contributed by atoms with Crippen molar-refractivity contribution in [1.82, 2.24) is 5.32 Å². The fraction of sp³-hybridized carbons (Fsp3) is 0.500. The number of Topliss-reactive ketones (excluding diaryl/α,β-unsaturated/α-hetero) is 1. The summed E-state index contributed by atoms with van der Waals surface area (Å²) in [6.45, 7) is 5.72. The van der Waals surface area contributed by atoms with Gasteiger partial charge in [-0.3, -0.25) is 9.59 Å². The number of thiocarbonyl (C=S) groups is 1. The molecule has 6 heteroatoms. The maximum atomic E-state index is 12.2.